The van der Waals surface area contributed by atoms with Gasteiger partial charge in [0.15, 0.2) is 5.96 Å². The van der Waals surface area contributed by atoms with Crippen molar-refractivity contribution in [1.82, 2.24) is 10.6 Å². The van der Waals surface area contributed by atoms with Crippen LogP contribution in [-0.4, -0.2) is 44.6 Å². The van der Waals surface area contributed by atoms with Crippen LogP contribution < -0.4 is 20.4 Å². The summed E-state index contributed by atoms with van der Waals surface area (Å²) >= 11 is 1.81. The van der Waals surface area contributed by atoms with Crippen LogP contribution >= 0.6 is 11.3 Å². The number of thiophene rings is 1. The molecule has 2 N–H and O–H groups in total. The second-order valence-corrected chi connectivity index (χ2v) is 8.88. The first kappa shape index (κ1) is 20.7. The van der Waals surface area contributed by atoms with Gasteiger partial charge in [0.25, 0.3) is 0 Å². The Hall–Kier alpha value is -2.54. The lowest BCUT2D eigenvalue weighted by Gasteiger charge is -2.33. The van der Waals surface area contributed by atoms with Crippen molar-refractivity contribution in [3.63, 3.8) is 0 Å². The number of nitrogens with zero attached hydrogens (tertiary/aromatic N) is 3. The Bertz CT molecular complexity index is 841. The molecule has 1 amide bonds. The second-order valence-electron chi connectivity index (χ2n) is 7.95. The van der Waals surface area contributed by atoms with Gasteiger partial charge in [-0.3, -0.25) is 9.79 Å². The number of anilines is 2. The number of amides is 1. The summed E-state index contributed by atoms with van der Waals surface area (Å²) in [5.41, 5.74) is 2.18. The normalized spacial score (nSPS) is 18.6. The number of nitrogens with one attached hydrogen (secondary N) is 2. The molecule has 0 radical (unpaired) electrons. The van der Waals surface area contributed by atoms with Crippen molar-refractivity contribution in [2.75, 3.05) is 36.5 Å². The number of aliphatic imine (C=N–C) groups is 1. The molecule has 0 unspecified atom stereocenters. The smallest absolute Gasteiger partial charge is 0.226 e. The molecule has 160 valence electrons. The third-order valence-electron chi connectivity index (χ3n) is 5.91. The maximum atomic E-state index is 12.1. The van der Waals surface area contributed by atoms with Crippen LogP contribution in [0, 0.1) is 0 Å². The van der Waals surface area contributed by atoms with Gasteiger partial charge in [-0.1, -0.05) is 12.1 Å². The topological polar surface area (TPSA) is 60.0 Å². The van der Waals surface area contributed by atoms with Crippen molar-refractivity contribution in [3.8, 4) is 0 Å². The van der Waals surface area contributed by atoms with E-state index in [2.05, 4.69) is 62.3 Å². The average molecular weight is 426 g/mol. The number of carbonyl (C=O) groups is 1. The minimum absolute atomic E-state index is 0.238. The zero-order valence-electron chi connectivity index (χ0n) is 17.6. The molecule has 4 rings (SSSR count). The number of guanidine groups is 1. The predicted molar refractivity (Wildman–Crippen MR) is 126 cm³/mol. The maximum Gasteiger partial charge on any atom is 0.226 e. The molecular weight excluding hydrogens is 394 g/mol. The number of hydrogen-bond donors (Lipinski definition) is 2. The minimum Gasteiger partial charge on any atom is -0.363 e. The molecule has 2 fully saturated rings. The summed E-state index contributed by atoms with van der Waals surface area (Å²) in [5, 5.41) is 10.5. The molecule has 3 heterocycles. The van der Waals surface area contributed by atoms with Crippen molar-refractivity contribution in [1.29, 1.82) is 0 Å². The van der Waals surface area contributed by atoms with Gasteiger partial charge in [-0.15, -0.1) is 11.3 Å². The summed E-state index contributed by atoms with van der Waals surface area (Å²) < 4.78 is 0. The van der Waals surface area contributed by atoms with Crippen molar-refractivity contribution in [3.05, 3.63) is 47.3 Å². The molecule has 6 nitrogen and oxygen atoms in total. The summed E-state index contributed by atoms with van der Waals surface area (Å²) in [6.07, 6.45) is 4.98. The Kier molecular flexibility index (Phi) is 6.89. The quantitative estimate of drug-likeness (QED) is 0.568. The average Bonchev–Trinajstić information content (AvgIpc) is 3.33. The molecule has 1 aromatic carbocycles. The summed E-state index contributed by atoms with van der Waals surface area (Å²) in [5.74, 6) is 1.08. The second kappa shape index (κ2) is 9.98. The molecule has 2 saturated heterocycles. The summed E-state index contributed by atoms with van der Waals surface area (Å²) in [4.78, 5) is 20.9. The van der Waals surface area contributed by atoms with Gasteiger partial charge in [-0.05, 0) is 60.9 Å². The molecule has 2 aliphatic rings. The van der Waals surface area contributed by atoms with Crippen LogP contribution in [0.15, 0.2) is 46.8 Å². The van der Waals surface area contributed by atoms with E-state index in [0.717, 1.165) is 57.0 Å². The van der Waals surface area contributed by atoms with E-state index in [9.17, 15) is 4.79 Å². The number of benzene rings is 1. The van der Waals surface area contributed by atoms with Gasteiger partial charge in [0, 0.05) is 51.4 Å². The van der Waals surface area contributed by atoms with E-state index in [-0.39, 0.29) is 5.91 Å². The number of rotatable bonds is 5. The van der Waals surface area contributed by atoms with E-state index in [1.165, 1.54) is 10.6 Å². The molecule has 0 spiro atoms. The van der Waals surface area contributed by atoms with Crippen LogP contribution in [0.5, 0.6) is 0 Å². The SMILES string of the molecule is CN=C(NCc1ccc(N2CCCCC2=O)cc1)NC1CCN(c2cccs2)CC1. The molecule has 2 aromatic rings. The van der Waals surface area contributed by atoms with Crippen molar-refractivity contribution >= 4 is 33.9 Å². The van der Waals surface area contributed by atoms with Gasteiger partial charge in [0.2, 0.25) is 5.91 Å². The van der Waals surface area contributed by atoms with Crippen molar-refractivity contribution in [2.45, 2.75) is 44.7 Å². The van der Waals surface area contributed by atoms with Crippen LogP contribution in [0.2, 0.25) is 0 Å². The zero-order chi connectivity index (χ0) is 20.8. The first-order valence-electron chi connectivity index (χ1n) is 10.9. The lowest BCUT2D eigenvalue weighted by molar-refractivity contribution is -0.119. The van der Waals surface area contributed by atoms with Gasteiger partial charge in [-0.2, -0.15) is 0 Å². The molecule has 2 aliphatic heterocycles. The monoisotopic (exact) mass is 425 g/mol. The lowest BCUT2D eigenvalue weighted by atomic mass is 10.1. The van der Waals surface area contributed by atoms with Gasteiger partial charge in [0.1, 0.15) is 0 Å². The minimum atomic E-state index is 0.238. The summed E-state index contributed by atoms with van der Waals surface area (Å²) in [7, 11) is 1.82. The van der Waals surface area contributed by atoms with E-state index in [1.54, 1.807) is 0 Å². The van der Waals surface area contributed by atoms with E-state index in [0.29, 0.717) is 19.0 Å². The third-order valence-corrected chi connectivity index (χ3v) is 6.84. The highest BCUT2D eigenvalue weighted by atomic mass is 32.1. The molecule has 7 heteroatoms. The number of carbonyl (C=O) groups excluding carboxylic acids is 1. The Morgan fingerprint density at radius 3 is 2.60 bits per heavy atom. The Labute approximate surface area is 183 Å². The van der Waals surface area contributed by atoms with Gasteiger partial charge >= 0.3 is 0 Å². The highest BCUT2D eigenvalue weighted by Crippen LogP contribution is 2.25. The highest BCUT2D eigenvalue weighted by molar-refractivity contribution is 7.14. The van der Waals surface area contributed by atoms with Crippen LogP contribution in [0.25, 0.3) is 0 Å². The molecule has 1 aromatic heterocycles. The van der Waals surface area contributed by atoms with Crippen LogP contribution in [0.4, 0.5) is 10.7 Å². The highest BCUT2D eigenvalue weighted by Gasteiger charge is 2.21. The Morgan fingerprint density at radius 1 is 1.13 bits per heavy atom. The van der Waals surface area contributed by atoms with Crippen LogP contribution in [0.1, 0.15) is 37.7 Å². The van der Waals surface area contributed by atoms with Gasteiger partial charge in [0.05, 0.1) is 5.00 Å². The van der Waals surface area contributed by atoms with Crippen molar-refractivity contribution < 1.29 is 4.79 Å². The fourth-order valence-corrected chi connectivity index (χ4v) is 4.93. The maximum absolute atomic E-state index is 12.1. The molecular formula is C23H31N5OS. The predicted octanol–water partition coefficient (Wildman–Crippen LogP) is 3.60. The van der Waals surface area contributed by atoms with Gasteiger partial charge in [-0.25, -0.2) is 0 Å². The van der Waals surface area contributed by atoms with E-state index < -0.39 is 0 Å². The molecule has 0 atom stereocenters. The first-order chi connectivity index (χ1) is 14.7. The molecule has 30 heavy (non-hydrogen) atoms. The largest absolute Gasteiger partial charge is 0.363 e. The standard InChI is InChI=1S/C23H31N5OS/c1-24-23(26-19-11-14-27(15-12-19)22-6-4-16-30-22)25-17-18-7-9-20(10-8-18)28-13-3-2-5-21(28)29/h4,6-10,16,19H,2-3,5,11-15,17H2,1H3,(H2,24,25,26). The van der Waals surface area contributed by atoms with E-state index in [1.807, 2.05) is 23.3 Å². The zero-order valence-corrected chi connectivity index (χ0v) is 18.5. The Morgan fingerprint density at radius 2 is 1.93 bits per heavy atom. The Balaban J connectivity index is 1.24. The first-order valence-corrected chi connectivity index (χ1v) is 11.8. The fourth-order valence-electron chi connectivity index (χ4n) is 4.14. The van der Waals surface area contributed by atoms with Crippen LogP contribution in [0.3, 0.4) is 0 Å². The molecule has 0 saturated carbocycles. The van der Waals surface area contributed by atoms with Gasteiger partial charge < -0.3 is 20.4 Å². The van der Waals surface area contributed by atoms with E-state index in [4.69, 9.17) is 0 Å². The number of hydrogen-bond acceptors (Lipinski definition) is 4. The summed E-state index contributed by atoms with van der Waals surface area (Å²) in [6, 6.07) is 13.1. The lowest BCUT2D eigenvalue weighted by Crippen LogP contribution is -2.48. The molecule has 0 bridgehead atoms. The van der Waals surface area contributed by atoms with Crippen molar-refractivity contribution in [2.24, 2.45) is 4.99 Å². The third kappa shape index (κ3) is 5.14. The van der Waals surface area contributed by atoms with E-state index >= 15 is 0 Å². The number of piperidine rings is 2. The van der Waals surface area contributed by atoms with Crippen LogP contribution in [-0.2, 0) is 11.3 Å². The fraction of sp³-hybridized carbons (Fsp3) is 0.478. The summed E-state index contributed by atoms with van der Waals surface area (Å²) in [6.45, 7) is 3.69. The molecule has 0 aliphatic carbocycles.